The third kappa shape index (κ3) is 5.25. The molecule has 0 saturated carbocycles. The third-order valence-electron chi connectivity index (χ3n) is 5.99. The molecule has 0 bridgehead atoms. The summed E-state index contributed by atoms with van der Waals surface area (Å²) in [7, 11) is 0. The Balaban J connectivity index is 0.000000913. The van der Waals surface area contributed by atoms with E-state index in [-0.39, 0.29) is 30.8 Å². The number of carboxylic acid groups (broad SMARTS) is 1. The predicted molar refractivity (Wildman–Crippen MR) is 117 cm³/mol. The van der Waals surface area contributed by atoms with Crippen LogP contribution in [0.2, 0.25) is 0 Å². The van der Waals surface area contributed by atoms with Crippen LogP contribution < -0.4 is 5.32 Å². The van der Waals surface area contributed by atoms with Crippen LogP contribution in [0.5, 0.6) is 0 Å². The lowest BCUT2D eigenvalue weighted by atomic mass is 9.85. The van der Waals surface area contributed by atoms with Crippen LogP contribution in [0.15, 0.2) is 54.6 Å². The molecule has 8 heteroatoms. The minimum absolute atomic E-state index is 0.0472. The molecule has 0 radical (unpaired) electrons. The molecule has 2 aromatic carbocycles. The largest absolute Gasteiger partial charge is 0.483 e. The smallest absolute Gasteiger partial charge is 0.318 e. The fourth-order valence-electron chi connectivity index (χ4n) is 4.60. The van der Waals surface area contributed by atoms with Gasteiger partial charge in [0, 0.05) is 26.2 Å². The van der Waals surface area contributed by atoms with Gasteiger partial charge < -0.3 is 20.2 Å². The quantitative estimate of drug-likeness (QED) is 0.712. The fraction of sp³-hybridized carbons (Fsp3) is 0.375. The molecule has 0 aromatic heterocycles. The summed E-state index contributed by atoms with van der Waals surface area (Å²) in [5, 5.41) is 9.76. The molecule has 2 aliphatic rings. The Kier molecular flexibility index (Phi) is 7.81. The van der Waals surface area contributed by atoms with Crippen molar-refractivity contribution in [2.45, 2.75) is 44.3 Å². The molecule has 2 aliphatic heterocycles. The van der Waals surface area contributed by atoms with Gasteiger partial charge in [-0.15, -0.1) is 0 Å². The van der Waals surface area contributed by atoms with Crippen molar-refractivity contribution in [3.63, 3.8) is 0 Å². The average molecular weight is 442 g/mol. The highest BCUT2D eigenvalue weighted by molar-refractivity contribution is 5.92. The fourth-order valence-corrected chi connectivity index (χ4v) is 4.60. The van der Waals surface area contributed by atoms with E-state index in [2.05, 4.69) is 5.32 Å². The summed E-state index contributed by atoms with van der Waals surface area (Å²) in [5.41, 5.74) is 1.05. The van der Waals surface area contributed by atoms with Gasteiger partial charge in [-0.1, -0.05) is 42.5 Å². The molecule has 2 heterocycles. The number of carbonyl (C=O) groups excluding carboxylic acids is 2. The first-order valence-corrected chi connectivity index (χ1v) is 10.7. The van der Waals surface area contributed by atoms with Crippen molar-refractivity contribution in [1.29, 1.82) is 0 Å². The van der Waals surface area contributed by atoms with E-state index >= 15 is 0 Å². The number of amides is 3. The van der Waals surface area contributed by atoms with Crippen molar-refractivity contribution in [2.75, 3.05) is 13.1 Å². The van der Waals surface area contributed by atoms with Gasteiger partial charge in [-0.3, -0.25) is 9.59 Å². The monoisotopic (exact) mass is 441 g/mol. The molecule has 2 fully saturated rings. The van der Waals surface area contributed by atoms with Crippen LogP contribution in [-0.2, 0) is 22.7 Å². The second-order valence-corrected chi connectivity index (χ2v) is 8.00. The Morgan fingerprint density at radius 3 is 2.41 bits per heavy atom. The Morgan fingerprint density at radius 1 is 1.06 bits per heavy atom. The van der Waals surface area contributed by atoms with E-state index in [0.717, 1.165) is 18.4 Å². The molecular weight excluding hydrogens is 413 g/mol. The van der Waals surface area contributed by atoms with Crippen LogP contribution in [-0.4, -0.2) is 51.9 Å². The van der Waals surface area contributed by atoms with E-state index in [1.807, 2.05) is 35.2 Å². The number of nitrogens with zero attached hydrogens (tertiary/aromatic N) is 2. The lowest BCUT2D eigenvalue weighted by Crippen LogP contribution is -2.62. The van der Waals surface area contributed by atoms with Crippen LogP contribution >= 0.6 is 0 Å². The van der Waals surface area contributed by atoms with E-state index in [1.165, 1.54) is 12.1 Å². The Hall–Kier alpha value is -3.42. The number of benzene rings is 2. The molecule has 0 aliphatic carbocycles. The predicted octanol–water partition coefficient (Wildman–Crippen LogP) is 3.39. The van der Waals surface area contributed by atoms with Gasteiger partial charge in [-0.2, -0.15) is 0 Å². The molecule has 4 rings (SSSR count). The zero-order chi connectivity index (χ0) is 23.0. The Bertz CT molecular complexity index is 940. The van der Waals surface area contributed by atoms with Gasteiger partial charge >= 0.3 is 6.03 Å². The highest BCUT2D eigenvalue weighted by Crippen LogP contribution is 2.38. The lowest BCUT2D eigenvalue weighted by Gasteiger charge is -2.44. The lowest BCUT2D eigenvalue weighted by molar-refractivity contribution is -0.146. The van der Waals surface area contributed by atoms with Crippen LogP contribution in [0.1, 0.15) is 36.8 Å². The average Bonchev–Trinajstić information content (AvgIpc) is 3.21. The summed E-state index contributed by atoms with van der Waals surface area (Å²) in [5.74, 6) is -0.278. The van der Waals surface area contributed by atoms with Gasteiger partial charge in [-0.25, -0.2) is 9.18 Å². The second-order valence-electron chi connectivity index (χ2n) is 8.00. The molecule has 1 atom stereocenters. The van der Waals surface area contributed by atoms with Gasteiger partial charge in [0.2, 0.25) is 5.91 Å². The van der Waals surface area contributed by atoms with Gasteiger partial charge in [0.1, 0.15) is 11.4 Å². The number of hydrogen-bond donors (Lipinski definition) is 2. The molecule has 2 saturated heterocycles. The molecule has 2 aromatic rings. The molecule has 1 unspecified atom stereocenters. The third-order valence-corrected chi connectivity index (χ3v) is 5.99. The Labute approximate surface area is 186 Å². The summed E-state index contributed by atoms with van der Waals surface area (Å²) in [4.78, 5) is 38.3. The second kappa shape index (κ2) is 10.7. The summed E-state index contributed by atoms with van der Waals surface area (Å²) in [6.07, 6.45) is 3.10. The summed E-state index contributed by atoms with van der Waals surface area (Å²) < 4.78 is 13.4. The summed E-state index contributed by atoms with van der Waals surface area (Å²) in [6.45, 7) is 1.85. The molecule has 32 heavy (non-hydrogen) atoms. The maximum atomic E-state index is 13.4. The molecule has 2 N–H and O–H groups in total. The van der Waals surface area contributed by atoms with Crippen LogP contribution in [0.25, 0.3) is 0 Å². The van der Waals surface area contributed by atoms with Gasteiger partial charge in [-0.05, 0) is 48.9 Å². The highest BCUT2D eigenvalue weighted by atomic mass is 19.1. The zero-order valence-electron chi connectivity index (χ0n) is 17.9. The van der Waals surface area contributed by atoms with Crippen LogP contribution in [0.3, 0.4) is 0 Å². The van der Waals surface area contributed by atoms with Crippen LogP contribution in [0, 0.1) is 5.82 Å². The van der Waals surface area contributed by atoms with Gasteiger partial charge in [0.05, 0.1) is 0 Å². The molecule has 3 amide bonds. The van der Waals surface area contributed by atoms with Crippen molar-refractivity contribution in [3.8, 4) is 0 Å². The summed E-state index contributed by atoms with van der Waals surface area (Å²) in [6, 6.07) is 15.9. The van der Waals surface area contributed by atoms with Crippen molar-refractivity contribution < 1.29 is 23.9 Å². The molecule has 170 valence electrons. The number of urea groups is 1. The van der Waals surface area contributed by atoms with Crippen molar-refractivity contribution >= 4 is 18.4 Å². The van der Waals surface area contributed by atoms with Crippen LogP contribution in [0.4, 0.5) is 9.18 Å². The highest BCUT2D eigenvalue weighted by Gasteiger charge is 2.52. The number of halogens is 1. The first kappa shape index (κ1) is 23.2. The number of likely N-dealkylation sites (tertiary alicyclic amines) is 2. The van der Waals surface area contributed by atoms with Crippen molar-refractivity contribution in [3.05, 3.63) is 71.5 Å². The summed E-state index contributed by atoms with van der Waals surface area (Å²) >= 11 is 0. The maximum absolute atomic E-state index is 13.4. The van der Waals surface area contributed by atoms with Crippen molar-refractivity contribution in [2.24, 2.45) is 0 Å². The molecule has 1 spiro atoms. The first-order valence-electron chi connectivity index (χ1n) is 10.7. The van der Waals surface area contributed by atoms with E-state index < -0.39 is 5.54 Å². The zero-order valence-corrected chi connectivity index (χ0v) is 17.9. The minimum Gasteiger partial charge on any atom is -0.483 e. The topological polar surface area (TPSA) is 90.0 Å². The van der Waals surface area contributed by atoms with E-state index in [1.54, 1.807) is 17.0 Å². The standard InChI is InChI=1S/C23H26FN3O2.CH2O2/c24-20-10-4-9-19(15-20)16-25-22(29)27-14-6-12-23(27)11-5-13-26(21(23)28)17-18-7-2-1-3-8-18;2-1-3/h1-4,7-10,15H,5-6,11-14,16-17H2,(H,25,29);1H,(H,2,3). The molecule has 7 nitrogen and oxygen atoms in total. The number of carbonyl (C=O) groups is 3. The van der Waals surface area contributed by atoms with Crippen molar-refractivity contribution in [1.82, 2.24) is 15.1 Å². The van der Waals surface area contributed by atoms with Gasteiger partial charge in [0.15, 0.2) is 0 Å². The van der Waals surface area contributed by atoms with E-state index in [9.17, 15) is 14.0 Å². The van der Waals surface area contributed by atoms with E-state index in [4.69, 9.17) is 9.90 Å². The number of hydrogen-bond acceptors (Lipinski definition) is 3. The number of piperidine rings is 1. The maximum Gasteiger partial charge on any atom is 0.318 e. The van der Waals surface area contributed by atoms with Gasteiger partial charge in [0.25, 0.3) is 6.47 Å². The first-order chi connectivity index (χ1) is 15.5. The normalized spacial score (nSPS) is 20.0. The minimum atomic E-state index is -0.751. The Morgan fingerprint density at radius 2 is 1.72 bits per heavy atom. The number of nitrogens with one attached hydrogen (secondary N) is 1. The SMILES string of the molecule is O=C(NCc1cccc(F)c1)N1CCCC12CCCN(Cc1ccccc1)C2=O.O=CO. The number of rotatable bonds is 4. The van der Waals surface area contributed by atoms with E-state index in [0.29, 0.717) is 38.0 Å². The molecular formula is C24H28FN3O4.